The fourth-order valence-corrected chi connectivity index (χ4v) is 2.90. The second kappa shape index (κ2) is 6.93. The molecule has 25 heavy (non-hydrogen) atoms. The first-order chi connectivity index (χ1) is 12.0. The van der Waals surface area contributed by atoms with E-state index in [2.05, 4.69) is 5.32 Å². The number of methoxy groups -OCH3 is 1. The van der Waals surface area contributed by atoms with Gasteiger partial charge in [-0.2, -0.15) is 0 Å². The summed E-state index contributed by atoms with van der Waals surface area (Å²) >= 11 is 0. The number of carbonyl (C=O) groups is 2. The van der Waals surface area contributed by atoms with Gasteiger partial charge in [0.05, 0.1) is 13.0 Å². The standard InChI is InChI=1S/C19H19FN2O3/c1-12-9-14(20)3-8-17(12)21-19(24)13-10-18(23)22(11-13)15-4-6-16(25-2)7-5-15/h3-9,13H,10-11H2,1-2H3,(H,21,24). The largest absolute Gasteiger partial charge is 0.497 e. The van der Waals surface area contributed by atoms with Crippen LogP contribution in [0.4, 0.5) is 15.8 Å². The highest BCUT2D eigenvalue weighted by Crippen LogP contribution is 2.28. The third kappa shape index (κ3) is 3.63. The van der Waals surface area contributed by atoms with Crippen molar-refractivity contribution in [3.63, 3.8) is 0 Å². The van der Waals surface area contributed by atoms with Gasteiger partial charge in [0.1, 0.15) is 11.6 Å². The summed E-state index contributed by atoms with van der Waals surface area (Å²) in [6, 6.07) is 11.3. The average molecular weight is 342 g/mol. The number of rotatable bonds is 4. The van der Waals surface area contributed by atoms with Gasteiger partial charge in [0.2, 0.25) is 11.8 Å². The van der Waals surface area contributed by atoms with Crippen molar-refractivity contribution in [2.45, 2.75) is 13.3 Å². The highest BCUT2D eigenvalue weighted by atomic mass is 19.1. The number of aryl methyl sites for hydroxylation is 1. The van der Waals surface area contributed by atoms with E-state index in [1.165, 1.54) is 18.2 Å². The third-order valence-electron chi connectivity index (χ3n) is 4.33. The molecule has 130 valence electrons. The van der Waals surface area contributed by atoms with Crippen molar-refractivity contribution < 1.29 is 18.7 Å². The van der Waals surface area contributed by atoms with Crippen LogP contribution in [-0.2, 0) is 9.59 Å². The molecule has 1 atom stereocenters. The number of nitrogens with one attached hydrogen (secondary N) is 1. The maximum Gasteiger partial charge on any atom is 0.229 e. The molecule has 0 aliphatic carbocycles. The Kier molecular flexibility index (Phi) is 4.70. The van der Waals surface area contributed by atoms with Crippen LogP contribution in [0.5, 0.6) is 5.75 Å². The lowest BCUT2D eigenvalue weighted by Gasteiger charge is -2.17. The van der Waals surface area contributed by atoms with Crippen LogP contribution in [0.15, 0.2) is 42.5 Å². The molecule has 2 aromatic carbocycles. The van der Waals surface area contributed by atoms with Crippen molar-refractivity contribution in [1.82, 2.24) is 0 Å². The SMILES string of the molecule is COc1ccc(N2CC(C(=O)Nc3ccc(F)cc3C)CC2=O)cc1. The molecule has 2 aromatic rings. The van der Waals surface area contributed by atoms with Crippen LogP contribution in [0.2, 0.25) is 0 Å². The van der Waals surface area contributed by atoms with Crippen molar-refractivity contribution in [2.75, 3.05) is 23.9 Å². The fraction of sp³-hybridized carbons (Fsp3) is 0.263. The van der Waals surface area contributed by atoms with Gasteiger partial charge < -0.3 is 15.0 Å². The van der Waals surface area contributed by atoms with Crippen molar-refractivity contribution in [3.8, 4) is 5.75 Å². The zero-order valence-corrected chi connectivity index (χ0v) is 14.1. The van der Waals surface area contributed by atoms with Gasteiger partial charge in [0.15, 0.2) is 0 Å². The van der Waals surface area contributed by atoms with Crippen LogP contribution in [0.25, 0.3) is 0 Å². The number of benzene rings is 2. The third-order valence-corrected chi connectivity index (χ3v) is 4.33. The normalized spacial score (nSPS) is 16.8. The van der Waals surface area contributed by atoms with Crippen LogP contribution in [0.1, 0.15) is 12.0 Å². The molecule has 6 heteroatoms. The van der Waals surface area contributed by atoms with E-state index in [-0.39, 0.29) is 24.1 Å². The van der Waals surface area contributed by atoms with Gasteiger partial charge in [-0.25, -0.2) is 4.39 Å². The smallest absolute Gasteiger partial charge is 0.229 e. The van der Waals surface area contributed by atoms with Crippen LogP contribution in [0.3, 0.4) is 0 Å². The van der Waals surface area contributed by atoms with Crippen LogP contribution in [-0.4, -0.2) is 25.5 Å². The number of ether oxygens (including phenoxy) is 1. The highest BCUT2D eigenvalue weighted by Gasteiger charge is 2.35. The first kappa shape index (κ1) is 17.0. The van der Waals surface area contributed by atoms with E-state index in [1.54, 1.807) is 43.2 Å². The highest BCUT2D eigenvalue weighted by molar-refractivity contribution is 6.03. The summed E-state index contributed by atoms with van der Waals surface area (Å²) in [4.78, 5) is 26.3. The molecule has 1 aliphatic rings. The molecule has 2 amide bonds. The molecule has 1 N–H and O–H groups in total. The summed E-state index contributed by atoms with van der Waals surface area (Å²) in [5.41, 5.74) is 1.94. The number of amides is 2. The Bertz CT molecular complexity index is 805. The number of anilines is 2. The maximum absolute atomic E-state index is 13.2. The summed E-state index contributed by atoms with van der Waals surface area (Å²) < 4.78 is 18.3. The summed E-state index contributed by atoms with van der Waals surface area (Å²) in [6.45, 7) is 2.04. The van der Waals surface area contributed by atoms with Gasteiger partial charge in [-0.3, -0.25) is 9.59 Å². The second-order valence-electron chi connectivity index (χ2n) is 6.05. The lowest BCUT2D eigenvalue weighted by molar-refractivity contribution is -0.122. The van der Waals surface area contributed by atoms with Gasteiger partial charge in [-0.15, -0.1) is 0 Å². The topological polar surface area (TPSA) is 58.6 Å². The molecule has 3 rings (SSSR count). The predicted octanol–water partition coefficient (Wildman–Crippen LogP) is 3.13. The Balaban J connectivity index is 1.69. The molecule has 1 saturated heterocycles. The fourth-order valence-electron chi connectivity index (χ4n) is 2.90. The molecular weight excluding hydrogens is 323 g/mol. The molecule has 0 bridgehead atoms. The zero-order valence-electron chi connectivity index (χ0n) is 14.1. The molecule has 5 nitrogen and oxygen atoms in total. The van der Waals surface area contributed by atoms with Gasteiger partial charge in [0.25, 0.3) is 0 Å². The first-order valence-corrected chi connectivity index (χ1v) is 7.99. The van der Waals surface area contributed by atoms with E-state index in [1.807, 2.05) is 0 Å². The Hall–Kier alpha value is -2.89. The minimum Gasteiger partial charge on any atom is -0.497 e. The van der Waals surface area contributed by atoms with Crippen molar-refractivity contribution >= 4 is 23.2 Å². The van der Waals surface area contributed by atoms with E-state index < -0.39 is 5.92 Å². The Morgan fingerprint density at radius 2 is 1.96 bits per heavy atom. The molecule has 0 radical (unpaired) electrons. The number of hydrogen-bond acceptors (Lipinski definition) is 3. The molecule has 0 aromatic heterocycles. The van der Waals surface area contributed by atoms with E-state index in [0.29, 0.717) is 23.5 Å². The van der Waals surface area contributed by atoms with Crippen LogP contribution >= 0.6 is 0 Å². The quantitative estimate of drug-likeness (QED) is 0.929. The molecule has 0 saturated carbocycles. The number of carbonyl (C=O) groups excluding carboxylic acids is 2. The van der Waals surface area contributed by atoms with Crippen LogP contribution in [0, 0.1) is 18.7 Å². The Labute approximate surface area is 145 Å². The summed E-state index contributed by atoms with van der Waals surface area (Å²) in [5, 5.41) is 2.79. The van der Waals surface area contributed by atoms with Crippen molar-refractivity contribution in [1.29, 1.82) is 0 Å². The minimum atomic E-state index is -0.445. The van der Waals surface area contributed by atoms with Crippen molar-refractivity contribution in [3.05, 3.63) is 53.8 Å². The number of hydrogen-bond donors (Lipinski definition) is 1. The summed E-state index contributed by atoms with van der Waals surface area (Å²) in [5.74, 6) is -0.423. The molecular formula is C19H19FN2O3. The summed E-state index contributed by atoms with van der Waals surface area (Å²) in [7, 11) is 1.58. The van der Waals surface area contributed by atoms with E-state index in [0.717, 1.165) is 5.69 Å². The molecule has 1 fully saturated rings. The van der Waals surface area contributed by atoms with Gasteiger partial charge >= 0.3 is 0 Å². The maximum atomic E-state index is 13.2. The predicted molar refractivity (Wildman–Crippen MR) is 93.2 cm³/mol. The minimum absolute atomic E-state index is 0.0962. The second-order valence-corrected chi connectivity index (χ2v) is 6.05. The number of halogens is 1. The Morgan fingerprint density at radius 1 is 1.24 bits per heavy atom. The molecule has 0 spiro atoms. The van der Waals surface area contributed by atoms with Gasteiger partial charge in [-0.1, -0.05) is 0 Å². The molecule has 1 heterocycles. The monoisotopic (exact) mass is 342 g/mol. The van der Waals surface area contributed by atoms with E-state index >= 15 is 0 Å². The van der Waals surface area contributed by atoms with Crippen molar-refractivity contribution in [2.24, 2.45) is 5.92 Å². The molecule has 1 unspecified atom stereocenters. The zero-order chi connectivity index (χ0) is 18.0. The Morgan fingerprint density at radius 3 is 2.60 bits per heavy atom. The van der Waals surface area contributed by atoms with E-state index in [4.69, 9.17) is 4.74 Å². The van der Waals surface area contributed by atoms with Gasteiger partial charge in [0, 0.05) is 24.3 Å². The van der Waals surface area contributed by atoms with Gasteiger partial charge in [-0.05, 0) is 55.0 Å². The number of nitrogens with zero attached hydrogens (tertiary/aromatic N) is 1. The van der Waals surface area contributed by atoms with E-state index in [9.17, 15) is 14.0 Å². The van der Waals surface area contributed by atoms with Crippen LogP contribution < -0.4 is 15.0 Å². The molecule has 1 aliphatic heterocycles. The lowest BCUT2D eigenvalue weighted by Crippen LogP contribution is -2.28. The lowest BCUT2D eigenvalue weighted by atomic mass is 10.1. The summed E-state index contributed by atoms with van der Waals surface area (Å²) in [6.07, 6.45) is 0.151. The average Bonchev–Trinajstić information content (AvgIpc) is 2.99. The first-order valence-electron chi connectivity index (χ1n) is 7.99.